The van der Waals surface area contributed by atoms with Crippen molar-refractivity contribution >= 4 is 39.5 Å². The van der Waals surface area contributed by atoms with Gasteiger partial charge in [0.25, 0.3) is 0 Å². The molecule has 0 unspecified atom stereocenters. The fraction of sp³-hybridized carbons (Fsp3) is 0.0526. The van der Waals surface area contributed by atoms with Gasteiger partial charge in [0.05, 0.1) is 17.8 Å². The van der Waals surface area contributed by atoms with Crippen LogP contribution in [0.4, 0.5) is 5.69 Å². The lowest BCUT2D eigenvalue weighted by atomic mass is 10.2. The lowest BCUT2D eigenvalue weighted by Crippen LogP contribution is -2.15. The van der Waals surface area contributed by atoms with Crippen molar-refractivity contribution in [3.63, 3.8) is 0 Å². The minimum absolute atomic E-state index is 0.0211. The summed E-state index contributed by atoms with van der Waals surface area (Å²) in [7, 11) is 0. The molecular weight excluding hydrogens is 370 g/mol. The van der Waals surface area contributed by atoms with Gasteiger partial charge in [0.1, 0.15) is 5.75 Å². The van der Waals surface area contributed by atoms with Crippen molar-refractivity contribution in [2.75, 3.05) is 5.32 Å². The number of aromatic hydroxyl groups is 1. The Morgan fingerprint density at radius 2 is 2.04 bits per heavy atom. The zero-order valence-corrected chi connectivity index (χ0v) is 15.1. The topological polar surface area (TPSA) is 66.6 Å². The first-order valence-electron chi connectivity index (χ1n) is 7.89. The lowest BCUT2D eigenvalue weighted by Gasteiger charge is -2.07. The molecule has 1 amide bonds. The summed E-state index contributed by atoms with van der Waals surface area (Å²) in [6.07, 6.45) is 2.09. The quantitative estimate of drug-likeness (QED) is 0.506. The van der Waals surface area contributed by atoms with Crippen LogP contribution in [0.15, 0.2) is 60.1 Å². The highest BCUT2D eigenvalue weighted by Crippen LogP contribution is 2.27. The molecule has 0 fully saturated rings. The van der Waals surface area contributed by atoms with Crippen molar-refractivity contribution in [1.29, 1.82) is 0 Å². The van der Waals surface area contributed by atoms with Crippen molar-refractivity contribution in [3.05, 3.63) is 70.8 Å². The van der Waals surface area contributed by atoms with Crippen LogP contribution in [0.1, 0.15) is 5.69 Å². The molecule has 4 rings (SSSR count). The number of hydrogen-bond acceptors (Lipinski definition) is 4. The van der Waals surface area contributed by atoms with Gasteiger partial charge in [0.2, 0.25) is 5.91 Å². The number of aromatic nitrogens is 2. The fourth-order valence-electron chi connectivity index (χ4n) is 2.67. The van der Waals surface area contributed by atoms with Crippen LogP contribution in [0.5, 0.6) is 5.75 Å². The number of hydrogen-bond donors (Lipinski definition) is 2. The number of nitrogens with zero attached hydrogens (tertiary/aromatic N) is 2. The van der Waals surface area contributed by atoms with Gasteiger partial charge in [0, 0.05) is 27.9 Å². The van der Waals surface area contributed by atoms with E-state index >= 15 is 0 Å². The molecular formula is C19H14ClN3O2S. The van der Waals surface area contributed by atoms with Gasteiger partial charge in [-0.05, 0) is 18.2 Å². The first-order chi connectivity index (χ1) is 12.6. The van der Waals surface area contributed by atoms with Crippen LogP contribution in [-0.4, -0.2) is 20.4 Å². The van der Waals surface area contributed by atoms with Crippen molar-refractivity contribution in [2.45, 2.75) is 6.42 Å². The number of anilines is 1. The van der Waals surface area contributed by atoms with E-state index in [1.807, 2.05) is 46.3 Å². The Kier molecular flexibility index (Phi) is 4.36. The fourth-order valence-corrected chi connectivity index (χ4v) is 3.72. The number of thiazole rings is 1. The molecule has 7 heteroatoms. The van der Waals surface area contributed by atoms with Crippen LogP contribution in [-0.2, 0) is 11.2 Å². The number of phenolic OH excluding ortho intramolecular Hbond substituents is 1. The first-order valence-corrected chi connectivity index (χ1v) is 9.15. The molecule has 2 heterocycles. The highest BCUT2D eigenvalue weighted by Gasteiger charge is 2.14. The van der Waals surface area contributed by atoms with E-state index in [1.165, 1.54) is 23.5 Å². The Balaban J connectivity index is 1.56. The van der Waals surface area contributed by atoms with Crippen molar-refractivity contribution in [1.82, 2.24) is 9.38 Å². The summed E-state index contributed by atoms with van der Waals surface area (Å²) in [5.74, 6) is -0.260. The number of halogens is 1. The summed E-state index contributed by atoms with van der Waals surface area (Å²) in [6.45, 7) is 0. The second kappa shape index (κ2) is 6.82. The highest BCUT2D eigenvalue weighted by molar-refractivity contribution is 7.15. The normalized spacial score (nSPS) is 11.0. The van der Waals surface area contributed by atoms with Gasteiger partial charge in [-0.3, -0.25) is 9.20 Å². The minimum Gasteiger partial charge on any atom is -0.506 e. The number of rotatable bonds is 4. The number of phenols is 1. The molecule has 0 saturated heterocycles. The predicted octanol–water partition coefficient (Wildman–Crippen LogP) is 4.60. The molecule has 0 spiro atoms. The van der Waals surface area contributed by atoms with E-state index < -0.39 is 0 Å². The van der Waals surface area contributed by atoms with Crippen molar-refractivity contribution in [3.8, 4) is 17.0 Å². The molecule has 0 bridgehead atoms. The minimum atomic E-state index is -0.239. The summed E-state index contributed by atoms with van der Waals surface area (Å²) in [5, 5.41) is 14.9. The molecule has 0 atom stereocenters. The number of fused-ring (bicyclic) bond motifs is 1. The number of carbonyl (C=O) groups excluding carboxylic acids is 1. The lowest BCUT2D eigenvalue weighted by molar-refractivity contribution is -0.115. The van der Waals surface area contributed by atoms with Crippen LogP contribution < -0.4 is 5.32 Å². The van der Waals surface area contributed by atoms with Crippen LogP contribution in [0.25, 0.3) is 16.2 Å². The summed E-state index contributed by atoms with van der Waals surface area (Å²) in [4.78, 5) is 17.8. The monoisotopic (exact) mass is 383 g/mol. The molecule has 0 aliphatic carbocycles. The smallest absolute Gasteiger partial charge is 0.230 e. The third kappa shape index (κ3) is 3.29. The van der Waals surface area contributed by atoms with E-state index in [2.05, 4.69) is 10.3 Å². The average molecular weight is 384 g/mol. The standard InChI is InChI=1S/C19H14ClN3O2S/c20-13-6-7-17(24)15(8-13)21-18(25)9-14-11-26-19-22-16(10-23(14)19)12-4-2-1-3-5-12/h1-8,10-11,24H,9H2,(H,21,25). The number of amides is 1. The molecule has 2 aromatic carbocycles. The van der Waals surface area contributed by atoms with Gasteiger partial charge in [0.15, 0.2) is 4.96 Å². The van der Waals surface area contributed by atoms with E-state index in [0.29, 0.717) is 10.7 Å². The summed E-state index contributed by atoms with van der Waals surface area (Å²) in [6, 6.07) is 14.4. The Labute approximate surface area is 158 Å². The largest absolute Gasteiger partial charge is 0.506 e. The van der Waals surface area contributed by atoms with Gasteiger partial charge >= 0.3 is 0 Å². The molecule has 130 valence electrons. The van der Waals surface area contributed by atoms with Gasteiger partial charge in [-0.2, -0.15) is 0 Å². The molecule has 0 radical (unpaired) electrons. The Morgan fingerprint density at radius 3 is 2.85 bits per heavy atom. The Hall–Kier alpha value is -2.83. The molecule has 26 heavy (non-hydrogen) atoms. The zero-order chi connectivity index (χ0) is 18.1. The van der Waals surface area contributed by atoms with Gasteiger partial charge in [-0.25, -0.2) is 4.98 Å². The first kappa shape index (κ1) is 16.6. The summed E-state index contributed by atoms with van der Waals surface area (Å²) >= 11 is 7.39. The van der Waals surface area contributed by atoms with Crippen LogP contribution in [0.2, 0.25) is 5.02 Å². The summed E-state index contributed by atoms with van der Waals surface area (Å²) in [5.41, 5.74) is 3.03. The van der Waals surface area contributed by atoms with Crippen LogP contribution >= 0.6 is 22.9 Å². The van der Waals surface area contributed by atoms with E-state index in [0.717, 1.165) is 21.9 Å². The second-order valence-electron chi connectivity index (χ2n) is 5.76. The summed E-state index contributed by atoms with van der Waals surface area (Å²) < 4.78 is 1.92. The molecule has 2 aromatic heterocycles. The highest BCUT2D eigenvalue weighted by atomic mass is 35.5. The van der Waals surface area contributed by atoms with Crippen LogP contribution in [0.3, 0.4) is 0 Å². The molecule has 0 aliphatic rings. The van der Waals surface area contributed by atoms with E-state index in [-0.39, 0.29) is 18.1 Å². The molecule has 0 saturated carbocycles. The molecule has 0 aliphatic heterocycles. The number of benzene rings is 2. The van der Waals surface area contributed by atoms with E-state index in [1.54, 1.807) is 6.07 Å². The van der Waals surface area contributed by atoms with E-state index in [9.17, 15) is 9.90 Å². The Morgan fingerprint density at radius 1 is 1.23 bits per heavy atom. The zero-order valence-electron chi connectivity index (χ0n) is 13.5. The van der Waals surface area contributed by atoms with Gasteiger partial charge in [-0.15, -0.1) is 11.3 Å². The Bertz CT molecular complexity index is 1090. The molecule has 4 aromatic rings. The maximum absolute atomic E-state index is 12.4. The predicted molar refractivity (Wildman–Crippen MR) is 104 cm³/mol. The SMILES string of the molecule is O=C(Cc1csc2nc(-c3ccccc3)cn12)Nc1cc(Cl)ccc1O. The molecule has 5 nitrogen and oxygen atoms in total. The third-order valence-electron chi connectivity index (χ3n) is 3.93. The second-order valence-corrected chi connectivity index (χ2v) is 7.03. The maximum Gasteiger partial charge on any atom is 0.230 e. The number of carbonyl (C=O) groups is 1. The van der Waals surface area contributed by atoms with Gasteiger partial charge in [-0.1, -0.05) is 41.9 Å². The third-order valence-corrected chi connectivity index (χ3v) is 5.05. The van der Waals surface area contributed by atoms with E-state index in [4.69, 9.17) is 11.6 Å². The van der Waals surface area contributed by atoms with Crippen molar-refractivity contribution in [2.24, 2.45) is 0 Å². The maximum atomic E-state index is 12.4. The number of nitrogens with one attached hydrogen (secondary N) is 1. The van der Waals surface area contributed by atoms with Crippen molar-refractivity contribution < 1.29 is 9.90 Å². The number of imidazole rings is 1. The van der Waals surface area contributed by atoms with Crippen LogP contribution in [0, 0.1) is 0 Å². The molecule has 2 N–H and O–H groups in total. The average Bonchev–Trinajstić information content (AvgIpc) is 3.21. The van der Waals surface area contributed by atoms with Gasteiger partial charge < -0.3 is 10.4 Å².